The van der Waals surface area contributed by atoms with Gasteiger partial charge in [0.25, 0.3) is 0 Å². The first-order chi connectivity index (χ1) is 9.35. The number of hydrogen-bond acceptors (Lipinski definition) is 1. The van der Waals surface area contributed by atoms with Gasteiger partial charge in [0.05, 0.1) is 10.7 Å². The SMILES string of the molecule is CC1CC(C2CNc3c(Cl)cc(Cl)cc32)CC(C)(C)C1. The van der Waals surface area contributed by atoms with E-state index in [9.17, 15) is 0 Å². The molecule has 0 spiro atoms. The summed E-state index contributed by atoms with van der Waals surface area (Å²) in [4.78, 5) is 0. The predicted octanol–water partition coefficient (Wildman–Crippen LogP) is 5.96. The third-order valence-electron chi connectivity index (χ3n) is 4.97. The van der Waals surface area contributed by atoms with Gasteiger partial charge in [-0.05, 0) is 54.2 Å². The molecular weight excluding hydrogens is 289 g/mol. The topological polar surface area (TPSA) is 12.0 Å². The Morgan fingerprint density at radius 2 is 1.95 bits per heavy atom. The molecule has 0 aromatic heterocycles. The van der Waals surface area contributed by atoms with Crippen molar-refractivity contribution in [3.63, 3.8) is 0 Å². The zero-order valence-corrected chi connectivity index (χ0v) is 14.0. The standard InChI is InChI=1S/C17H23Cl2N/c1-10-4-11(8-17(2,3)7-10)14-9-20-16-13(14)5-12(18)6-15(16)19/h5-6,10-11,14,20H,4,7-9H2,1-3H3. The summed E-state index contributed by atoms with van der Waals surface area (Å²) in [7, 11) is 0. The molecule has 3 unspecified atom stereocenters. The van der Waals surface area contributed by atoms with Crippen LogP contribution in [0.3, 0.4) is 0 Å². The van der Waals surface area contributed by atoms with Gasteiger partial charge in [-0.25, -0.2) is 0 Å². The number of nitrogens with one attached hydrogen (secondary N) is 1. The molecule has 3 heteroatoms. The molecule has 0 saturated heterocycles. The molecule has 1 aliphatic heterocycles. The van der Waals surface area contributed by atoms with Gasteiger partial charge in [-0.3, -0.25) is 0 Å². The summed E-state index contributed by atoms with van der Waals surface area (Å²) >= 11 is 12.5. The van der Waals surface area contributed by atoms with E-state index in [-0.39, 0.29) is 0 Å². The molecule has 1 fully saturated rings. The summed E-state index contributed by atoms with van der Waals surface area (Å²) in [6.45, 7) is 8.21. The van der Waals surface area contributed by atoms with E-state index in [1.165, 1.54) is 24.8 Å². The van der Waals surface area contributed by atoms with E-state index in [0.717, 1.165) is 34.1 Å². The van der Waals surface area contributed by atoms with Crippen molar-refractivity contribution in [1.82, 2.24) is 0 Å². The van der Waals surface area contributed by atoms with Gasteiger partial charge in [-0.15, -0.1) is 0 Å². The quantitative estimate of drug-likeness (QED) is 0.674. The molecule has 1 aromatic rings. The lowest BCUT2D eigenvalue weighted by atomic mass is 9.64. The van der Waals surface area contributed by atoms with Gasteiger partial charge in [-0.2, -0.15) is 0 Å². The van der Waals surface area contributed by atoms with E-state index >= 15 is 0 Å². The Morgan fingerprint density at radius 3 is 2.65 bits per heavy atom. The molecule has 1 nitrogen and oxygen atoms in total. The molecular formula is C17H23Cl2N. The van der Waals surface area contributed by atoms with Crippen LogP contribution >= 0.6 is 23.2 Å². The zero-order valence-electron chi connectivity index (χ0n) is 12.5. The molecule has 0 bridgehead atoms. The Bertz CT molecular complexity index is 524. The lowest BCUT2D eigenvalue weighted by Gasteiger charge is -2.41. The van der Waals surface area contributed by atoms with E-state index in [2.05, 4.69) is 32.2 Å². The van der Waals surface area contributed by atoms with Crippen molar-refractivity contribution in [2.24, 2.45) is 17.3 Å². The van der Waals surface area contributed by atoms with Crippen molar-refractivity contribution in [2.45, 2.75) is 46.0 Å². The summed E-state index contributed by atoms with van der Waals surface area (Å²) in [6.07, 6.45) is 3.96. The van der Waals surface area contributed by atoms with Crippen LogP contribution in [0.15, 0.2) is 12.1 Å². The molecule has 1 heterocycles. The Hall–Kier alpha value is -0.400. The van der Waals surface area contributed by atoms with E-state index in [4.69, 9.17) is 23.2 Å². The van der Waals surface area contributed by atoms with Crippen molar-refractivity contribution in [3.05, 3.63) is 27.7 Å². The summed E-state index contributed by atoms with van der Waals surface area (Å²) in [5.41, 5.74) is 2.89. The molecule has 0 amide bonds. The summed E-state index contributed by atoms with van der Waals surface area (Å²) in [6, 6.07) is 3.95. The predicted molar refractivity (Wildman–Crippen MR) is 88.0 cm³/mol. The first-order valence-electron chi connectivity index (χ1n) is 7.58. The van der Waals surface area contributed by atoms with Crippen LogP contribution < -0.4 is 5.32 Å². The van der Waals surface area contributed by atoms with Gasteiger partial charge < -0.3 is 5.32 Å². The molecule has 110 valence electrons. The summed E-state index contributed by atoms with van der Waals surface area (Å²) in [5, 5.41) is 5.01. The van der Waals surface area contributed by atoms with Crippen LogP contribution in [-0.4, -0.2) is 6.54 Å². The number of anilines is 1. The largest absolute Gasteiger partial charge is 0.383 e. The monoisotopic (exact) mass is 311 g/mol. The number of benzene rings is 1. The molecule has 1 aliphatic carbocycles. The van der Waals surface area contributed by atoms with Crippen LogP contribution in [0, 0.1) is 17.3 Å². The average molecular weight is 312 g/mol. The van der Waals surface area contributed by atoms with Crippen LogP contribution in [0.5, 0.6) is 0 Å². The minimum absolute atomic E-state index is 0.452. The molecule has 3 rings (SSSR count). The van der Waals surface area contributed by atoms with Gasteiger partial charge in [0, 0.05) is 17.5 Å². The second kappa shape index (κ2) is 5.10. The van der Waals surface area contributed by atoms with Crippen LogP contribution in [0.25, 0.3) is 0 Å². The number of halogens is 2. The molecule has 0 radical (unpaired) electrons. The number of hydrogen-bond donors (Lipinski definition) is 1. The lowest BCUT2D eigenvalue weighted by molar-refractivity contribution is 0.119. The highest BCUT2D eigenvalue weighted by Gasteiger charge is 2.39. The van der Waals surface area contributed by atoms with Crippen molar-refractivity contribution < 1.29 is 0 Å². The minimum atomic E-state index is 0.452. The highest BCUT2D eigenvalue weighted by molar-refractivity contribution is 6.36. The number of rotatable bonds is 1. The Balaban J connectivity index is 1.91. The summed E-state index contributed by atoms with van der Waals surface area (Å²) < 4.78 is 0. The van der Waals surface area contributed by atoms with Gasteiger partial charge in [-0.1, -0.05) is 44.0 Å². The van der Waals surface area contributed by atoms with Gasteiger partial charge >= 0.3 is 0 Å². The highest BCUT2D eigenvalue weighted by Crippen LogP contribution is 2.51. The third kappa shape index (κ3) is 2.67. The average Bonchev–Trinajstić information content (AvgIpc) is 2.69. The first kappa shape index (κ1) is 14.5. The van der Waals surface area contributed by atoms with Crippen LogP contribution in [0.1, 0.15) is 51.5 Å². The first-order valence-corrected chi connectivity index (χ1v) is 8.34. The van der Waals surface area contributed by atoms with E-state index in [0.29, 0.717) is 11.3 Å². The van der Waals surface area contributed by atoms with Crippen molar-refractivity contribution in [2.75, 3.05) is 11.9 Å². The van der Waals surface area contributed by atoms with Gasteiger partial charge in [0.2, 0.25) is 0 Å². The lowest BCUT2D eigenvalue weighted by Crippen LogP contribution is -2.31. The van der Waals surface area contributed by atoms with E-state index in [1.807, 2.05) is 6.07 Å². The summed E-state index contributed by atoms with van der Waals surface area (Å²) in [5.74, 6) is 2.10. The van der Waals surface area contributed by atoms with E-state index < -0.39 is 0 Å². The Morgan fingerprint density at radius 1 is 1.20 bits per heavy atom. The van der Waals surface area contributed by atoms with Gasteiger partial charge in [0.1, 0.15) is 0 Å². The maximum Gasteiger partial charge on any atom is 0.0655 e. The van der Waals surface area contributed by atoms with Crippen molar-refractivity contribution in [3.8, 4) is 0 Å². The van der Waals surface area contributed by atoms with E-state index in [1.54, 1.807) is 0 Å². The molecule has 20 heavy (non-hydrogen) atoms. The normalized spacial score (nSPS) is 31.8. The Labute approximate surface area is 132 Å². The fourth-order valence-electron chi connectivity index (χ4n) is 4.54. The number of fused-ring (bicyclic) bond motifs is 1. The maximum atomic E-state index is 6.32. The molecule has 2 aliphatic rings. The second-order valence-electron chi connectivity index (χ2n) is 7.51. The third-order valence-corrected chi connectivity index (χ3v) is 5.49. The Kier molecular flexibility index (Phi) is 3.71. The molecule has 1 saturated carbocycles. The molecule has 3 atom stereocenters. The fourth-order valence-corrected chi connectivity index (χ4v) is 5.12. The molecule has 1 aromatic carbocycles. The smallest absolute Gasteiger partial charge is 0.0655 e. The maximum absolute atomic E-state index is 6.32. The highest BCUT2D eigenvalue weighted by atomic mass is 35.5. The molecule has 1 N–H and O–H groups in total. The zero-order chi connectivity index (χ0) is 14.5. The van der Waals surface area contributed by atoms with Crippen LogP contribution in [0.4, 0.5) is 5.69 Å². The second-order valence-corrected chi connectivity index (χ2v) is 8.36. The van der Waals surface area contributed by atoms with Gasteiger partial charge in [0.15, 0.2) is 0 Å². The fraction of sp³-hybridized carbons (Fsp3) is 0.647. The minimum Gasteiger partial charge on any atom is -0.383 e. The van der Waals surface area contributed by atoms with Crippen LogP contribution in [-0.2, 0) is 0 Å². The van der Waals surface area contributed by atoms with Crippen molar-refractivity contribution in [1.29, 1.82) is 0 Å². The van der Waals surface area contributed by atoms with Crippen molar-refractivity contribution >= 4 is 28.9 Å². The van der Waals surface area contributed by atoms with Crippen LogP contribution in [0.2, 0.25) is 10.0 Å².